The summed E-state index contributed by atoms with van der Waals surface area (Å²) in [6.07, 6.45) is 12.1. The van der Waals surface area contributed by atoms with Crippen molar-refractivity contribution in [3.05, 3.63) is 34.4 Å². The van der Waals surface area contributed by atoms with E-state index >= 15 is 0 Å². The highest BCUT2D eigenvalue weighted by molar-refractivity contribution is 7.15. The lowest BCUT2D eigenvalue weighted by Crippen LogP contribution is -2.50. The summed E-state index contributed by atoms with van der Waals surface area (Å²) >= 11 is 1.17. The number of hydrogen-bond acceptors (Lipinski definition) is 7. The van der Waals surface area contributed by atoms with E-state index in [-0.39, 0.29) is 34.2 Å². The van der Waals surface area contributed by atoms with Crippen molar-refractivity contribution in [2.24, 2.45) is 17.3 Å². The van der Waals surface area contributed by atoms with Crippen LogP contribution in [0.4, 0.5) is 11.5 Å². The molecule has 0 radical (unpaired) electrons. The van der Waals surface area contributed by atoms with Gasteiger partial charge in [-0.2, -0.15) is 0 Å². The highest BCUT2D eigenvalue weighted by atomic mass is 32.1. The Morgan fingerprint density at radius 2 is 1.77 bits per heavy atom. The summed E-state index contributed by atoms with van der Waals surface area (Å²) in [5.41, 5.74) is 3.83. The second-order valence-corrected chi connectivity index (χ2v) is 13.1. The smallest absolute Gasteiger partial charge is 0.348 e. The van der Waals surface area contributed by atoms with Crippen LogP contribution in [-0.2, 0) is 4.79 Å². The van der Waals surface area contributed by atoms with Crippen LogP contribution in [0.2, 0.25) is 0 Å². The maximum absolute atomic E-state index is 14.1. The first-order valence-electron chi connectivity index (χ1n) is 14.0. The predicted molar refractivity (Wildman–Crippen MR) is 156 cm³/mol. The summed E-state index contributed by atoms with van der Waals surface area (Å²) in [6, 6.07) is 2.02. The van der Waals surface area contributed by atoms with Crippen LogP contribution in [0.25, 0.3) is 0 Å². The number of amides is 1. The van der Waals surface area contributed by atoms with Gasteiger partial charge in [0, 0.05) is 42.9 Å². The summed E-state index contributed by atoms with van der Waals surface area (Å²) in [5.74, 6) is 6.76. The summed E-state index contributed by atoms with van der Waals surface area (Å²) in [7, 11) is 1.93. The van der Waals surface area contributed by atoms with E-state index in [0.717, 1.165) is 57.2 Å². The van der Waals surface area contributed by atoms with Crippen LogP contribution < -0.4 is 15.3 Å². The minimum Gasteiger partial charge on any atom is -0.477 e. The van der Waals surface area contributed by atoms with Crippen LogP contribution in [0.5, 0.6) is 0 Å². The summed E-state index contributed by atoms with van der Waals surface area (Å²) in [4.78, 5) is 37.7. The van der Waals surface area contributed by atoms with Crippen molar-refractivity contribution in [2.75, 3.05) is 17.0 Å². The van der Waals surface area contributed by atoms with Gasteiger partial charge in [-0.3, -0.25) is 14.8 Å². The molecule has 0 aliphatic heterocycles. The number of carbonyl (C=O) groups excluding carboxylic acids is 1. The molecule has 39 heavy (non-hydrogen) atoms. The molecule has 0 saturated heterocycles. The van der Waals surface area contributed by atoms with Gasteiger partial charge in [0.1, 0.15) is 4.88 Å². The number of hydrazine groups is 1. The Hall–Kier alpha value is -2.96. The molecule has 4 rings (SSSR count). The van der Waals surface area contributed by atoms with Crippen LogP contribution in [0, 0.1) is 29.1 Å². The van der Waals surface area contributed by atoms with E-state index in [9.17, 15) is 14.7 Å². The molecule has 0 spiro atoms. The third kappa shape index (κ3) is 7.58. The molecule has 9 heteroatoms. The van der Waals surface area contributed by atoms with Gasteiger partial charge in [-0.1, -0.05) is 18.8 Å². The topological polar surface area (TPSA) is 98.7 Å². The fourth-order valence-electron chi connectivity index (χ4n) is 5.49. The van der Waals surface area contributed by atoms with Crippen molar-refractivity contribution in [3.8, 4) is 11.8 Å². The average Bonchev–Trinajstić information content (AvgIpc) is 3.33. The lowest BCUT2D eigenvalue weighted by molar-refractivity contribution is -0.124. The largest absolute Gasteiger partial charge is 0.477 e. The number of nitrogens with zero attached hydrogens (tertiary/aromatic N) is 4. The van der Waals surface area contributed by atoms with Gasteiger partial charge in [0.2, 0.25) is 5.91 Å². The molecule has 2 aromatic rings. The number of nitrogens with one attached hydrogen (secondary N) is 1. The minimum absolute atomic E-state index is 0.0483. The number of rotatable bonds is 7. The standard InChI is InChI=1S/C30H41N5O3S/c1-20-6-8-21(9-7-20)28(36)35(25-18-24(14-15-30(2,3)4)39-27(25)29(37)38)23-12-10-22(11-13-23)33-34(5)26-19-31-16-17-32-26/h16-23,33H,6-13H2,1-5H3,(H,37,38)/t20?,21?,22-,23+. The summed E-state index contributed by atoms with van der Waals surface area (Å²) in [5, 5.41) is 12.0. The Labute approximate surface area is 236 Å². The summed E-state index contributed by atoms with van der Waals surface area (Å²) in [6.45, 7) is 8.33. The van der Waals surface area contributed by atoms with Crippen LogP contribution >= 0.6 is 11.3 Å². The molecule has 210 valence electrons. The van der Waals surface area contributed by atoms with E-state index in [1.54, 1.807) is 18.6 Å². The Morgan fingerprint density at radius 1 is 1.08 bits per heavy atom. The van der Waals surface area contributed by atoms with Crippen LogP contribution in [-0.4, -0.2) is 46.1 Å². The fourth-order valence-corrected chi connectivity index (χ4v) is 6.33. The Morgan fingerprint density at radius 3 is 2.36 bits per heavy atom. The molecule has 8 nitrogen and oxygen atoms in total. The number of hydrogen-bond donors (Lipinski definition) is 2. The Balaban J connectivity index is 1.58. The highest BCUT2D eigenvalue weighted by Crippen LogP contribution is 2.39. The maximum Gasteiger partial charge on any atom is 0.348 e. The Bertz CT molecular complexity index is 1200. The van der Waals surface area contributed by atoms with E-state index in [2.05, 4.69) is 34.2 Å². The molecular formula is C30H41N5O3S. The molecule has 2 aliphatic carbocycles. The first-order chi connectivity index (χ1) is 18.5. The summed E-state index contributed by atoms with van der Waals surface area (Å²) < 4.78 is 0. The van der Waals surface area contributed by atoms with Crippen molar-refractivity contribution in [3.63, 3.8) is 0 Å². The number of thiophene rings is 1. The van der Waals surface area contributed by atoms with Gasteiger partial charge in [0.15, 0.2) is 5.82 Å². The SMILES string of the molecule is CC1CCC(C(=O)N(c2cc(C#CC(C)(C)C)sc2C(=O)O)[C@H]2CC[C@@H](NN(C)c3cnccn3)CC2)CC1. The van der Waals surface area contributed by atoms with Crippen molar-refractivity contribution in [1.29, 1.82) is 0 Å². The van der Waals surface area contributed by atoms with Crippen molar-refractivity contribution in [1.82, 2.24) is 15.4 Å². The Kier molecular flexibility index (Phi) is 9.29. The highest BCUT2D eigenvalue weighted by Gasteiger charge is 2.37. The molecule has 2 fully saturated rings. The van der Waals surface area contributed by atoms with Gasteiger partial charge in [-0.15, -0.1) is 11.3 Å². The van der Waals surface area contributed by atoms with Crippen LogP contribution in [0.3, 0.4) is 0 Å². The molecule has 0 bridgehead atoms. The van der Waals surface area contributed by atoms with Crippen molar-refractivity contribution < 1.29 is 14.7 Å². The molecule has 2 aromatic heterocycles. The normalized spacial score (nSPS) is 23.4. The average molecular weight is 552 g/mol. The number of aromatic carboxylic acids is 1. The van der Waals surface area contributed by atoms with E-state index < -0.39 is 5.97 Å². The van der Waals surface area contributed by atoms with E-state index in [0.29, 0.717) is 16.5 Å². The van der Waals surface area contributed by atoms with E-state index in [4.69, 9.17) is 0 Å². The first-order valence-corrected chi connectivity index (χ1v) is 14.8. The predicted octanol–water partition coefficient (Wildman–Crippen LogP) is 5.75. The minimum atomic E-state index is -1.00. The molecule has 0 aromatic carbocycles. The number of carboxylic acid groups (broad SMARTS) is 1. The molecule has 2 aliphatic rings. The number of carbonyl (C=O) groups is 2. The zero-order valence-electron chi connectivity index (χ0n) is 23.7. The zero-order valence-corrected chi connectivity index (χ0v) is 24.6. The van der Waals surface area contributed by atoms with Gasteiger partial charge < -0.3 is 10.0 Å². The second-order valence-electron chi connectivity index (χ2n) is 12.1. The van der Waals surface area contributed by atoms with Crippen molar-refractivity contribution in [2.45, 2.75) is 91.1 Å². The lowest BCUT2D eigenvalue weighted by Gasteiger charge is -2.40. The third-order valence-electron chi connectivity index (χ3n) is 7.66. The number of carboxylic acids is 1. The van der Waals surface area contributed by atoms with Crippen LogP contribution in [0.1, 0.15) is 93.6 Å². The fraction of sp³-hybridized carbons (Fsp3) is 0.600. The number of aromatic nitrogens is 2. The zero-order chi connectivity index (χ0) is 28.2. The van der Waals surface area contributed by atoms with Crippen molar-refractivity contribution >= 4 is 34.7 Å². The van der Waals surface area contributed by atoms with Gasteiger partial charge in [-0.25, -0.2) is 15.2 Å². The molecule has 2 saturated carbocycles. The number of anilines is 2. The lowest BCUT2D eigenvalue weighted by atomic mass is 9.81. The van der Waals surface area contributed by atoms with E-state index in [1.807, 2.05) is 43.8 Å². The first kappa shape index (κ1) is 29.0. The van der Waals surface area contributed by atoms with Gasteiger partial charge >= 0.3 is 5.97 Å². The molecule has 2 N–H and O–H groups in total. The van der Waals surface area contributed by atoms with E-state index in [1.165, 1.54) is 11.3 Å². The third-order valence-corrected chi connectivity index (χ3v) is 8.69. The molecule has 0 atom stereocenters. The van der Waals surface area contributed by atoms with Gasteiger partial charge in [0.25, 0.3) is 0 Å². The maximum atomic E-state index is 14.1. The quantitative estimate of drug-likeness (QED) is 0.334. The molecule has 1 amide bonds. The molecule has 0 unspecified atom stereocenters. The second kappa shape index (κ2) is 12.5. The van der Waals surface area contributed by atoms with Gasteiger partial charge in [0.05, 0.1) is 16.8 Å². The molecule has 2 heterocycles. The molecular weight excluding hydrogens is 510 g/mol. The van der Waals surface area contributed by atoms with Gasteiger partial charge in [-0.05, 0) is 84.1 Å². The van der Waals surface area contributed by atoms with Crippen LogP contribution in [0.15, 0.2) is 24.7 Å². The monoisotopic (exact) mass is 551 g/mol.